The maximum absolute atomic E-state index is 13.7. The summed E-state index contributed by atoms with van der Waals surface area (Å²) < 4.78 is 6.77. The van der Waals surface area contributed by atoms with Gasteiger partial charge >= 0.3 is 5.97 Å². The number of fused-ring (bicyclic) bond motifs is 2. The first kappa shape index (κ1) is 24.1. The van der Waals surface area contributed by atoms with Crippen molar-refractivity contribution in [3.8, 4) is 11.3 Å². The van der Waals surface area contributed by atoms with Crippen LogP contribution in [0.4, 0.5) is 0 Å². The van der Waals surface area contributed by atoms with E-state index in [0.717, 1.165) is 21.9 Å². The van der Waals surface area contributed by atoms with Gasteiger partial charge in [-0.15, -0.1) is 10.2 Å². The molecule has 2 N–H and O–H groups in total. The first-order valence-corrected chi connectivity index (χ1v) is 12.4. The van der Waals surface area contributed by atoms with Crippen LogP contribution in [0.25, 0.3) is 27.7 Å². The Hall–Kier alpha value is -5.31. The average Bonchev–Trinajstić information content (AvgIpc) is 3.63. The highest BCUT2D eigenvalue weighted by molar-refractivity contribution is 5.95. The standard InChI is InChI=1S/C30H23N5O4/c1-18(20-8-10-22(11-9-20)30(37)38)31-29(36)26-16-24(25-12-13-39-34-25)17-28-33-32-27(35(26)28)15-19-6-7-21-4-2-3-5-23(21)14-19/h2-14,16-18H,15H2,1H3,(H,31,36)(H,37,38)/t18-/m0/s1. The van der Waals surface area contributed by atoms with Gasteiger partial charge in [0.25, 0.3) is 5.91 Å². The molecule has 0 unspecified atom stereocenters. The second kappa shape index (κ2) is 9.86. The van der Waals surface area contributed by atoms with Gasteiger partial charge < -0.3 is 14.9 Å². The molecule has 3 heterocycles. The Balaban J connectivity index is 1.38. The number of pyridine rings is 1. The highest BCUT2D eigenvalue weighted by Gasteiger charge is 2.21. The van der Waals surface area contributed by atoms with E-state index in [4.69, 9.17) is 4.52 Å². The van der Waals surface area contributed by atoms with Crippen molar-refractivity contribution in [2.24, 2.45) is 0 Å². The maximum atomic E-state index is 13.7. The first-order chi connectivity index (χ1) is 19.0. The molecule has 0 aliphatic rings. The van der Waals surface area contributed by atoms with E-state index >= 15 is 0 Å². The van der Waals surface area contributed by atoms with Crippen molar-refractivity contribution in [3.63, 3.8) is 0 Å². The lowest BCUT2D eigenvalue weighted by Gasteiger charge is -2.16. The summed E-state index contributed by atoms with van der Waals surface area (Å²) in [5, 5.41) is 27.3. The predicted molar refractivity (Wildman–Crippen MR) is 145 cm³/mol. The maximum Gasteiger partial charge on any atom is 0.335 e. The summed E-state index contributed by atoms with van der Waals surface area (Å²) in [6, 6.07) is 25.7. The Bertz CT molecular complexity index is 1820. The molecule has 192 valence electrons. The zero-order chi connectivity index (χ0) is 26.9. The third-order valence-corrected chi connectivity index (χ3v) is 6.72. The molecular weight excluding hydrogens is 494 g/mol. The minimum absolute atomic E-state index is 0.183. The number of aromatic nitrogens is 4. The van der Waals surface area contributed by atoms with Crippen LogP contribution in [0.3, 0.4) is 0 Å². The summed E-state index contributed by atoms with van der Waals surface area (Å²) in [7, 11) is 0. The zero-order valence-electron chi connectivity index (χ0n) is 20.9. The zero-order valence-corrected chi connectivity index (χ0v) is 20.9. The van der Waals surface area contributed by atoms with Gasteiger partial charge in [-0.25, -0.2) is 4.79 Å². The summed E-state index contributed by atoms with van der Waals surface area (Å²) in [6.45, 7) is 1.84. The Kier molecular flexibility index (Phi) is 6.08. The molecule has 1 amide bonds. The van der Waals surface area contributed by atoms with Crippen LogP contribution < -0.4 is 5.32 Å². The molecule has 0 spiro atoms. The number of hydrogen-bond donors (Lipinski definition) is 2. The van der Waals surface area contributed by atoms with Gasteiger partial charge in [0, 0.05) is 18.1 Å². The van der Waals surface area contributed by atoms with Crippen LogP contribution >= 0.6 is 0 Å². The van der Waals surface area contributed by atoms with Crippen molar-refractivity contribution < 1.29 is 19.2 Å². The molecule has 9 heteroatoms. The first-order valence-electron chi connectivity index (χ1n) is 12.4. The van der Waals surface area contributed by atoms with E-state index in [1.165, 1.54) is 18.4 Å². The van der Waals surface area contributed by atoms with E-state index in [9.17, 15) is 14.7 Å². The van der Waals surface area contributed by atoms with Crippen LogP contribution in [0.1, 0.15) is 50.8 Å². The average molecular weight is 518 g/mol. The lowest BCUT2D eigenvalue weighted by atomic mass is 10.0. The number of amides is 1. The van der Waals surface area contributed by atoms with Gasteiger partial charge in [-0.3, -0.25) is 9.20 Å². The molecule has 0 aliphatic heterocycles. The SMILES string of the molecule is C[C@H](NC(=O)c1cc(-c2ccon2)cc2nnc(Cc3ccc4ccccc4c3)n12)c1ccc(C(=O)O)cc1. The van der Waals surface area contributed by atoms with Crippen molar-refractivity contribution in [2.45, 2.75) is 19.4 Å². The molecule has 39 heavy (non-hydrogen) atoms. The smallest absolute Gasteiger partial charge is 0.335 e. The summed E-state index contributed by atoms with van der Waals surface area (Å²) >= 11 is 0. The molecule has 0 saturated heterocycles. The van der Waals surface area contributed by atoms with Crippen LogP contribution in [-0.2, 0) is 6.42 Å². The highest BCUT2D eigenvalue weighted by atomic mass is 16.5. The number of nitrogens with one attached hydrogen (secondary N) is 1. The second-order valence-electron chi connectivity index (χ2n) is 9.30. The number of carbonyl (C=O) groups excluding carboxylic acids is 1. The van der Waals surface area contributed by atoms with E-state index in [-0.39, 0.29) is 17.5 Å². The number of nitrogens with zero attached hydrogens (tertiary/aromatic N) is 4. The van der Waals surface area contributed by atoms with Gasteiger partial charge in [0.1, 0.15) is 23.5 Å². The van der Waals surface area contributed by atoms with Crippen molar-refractivity contribution in [1.82, 2.24) is 25.1 Å². The van der Waals surface area contributed by atoms with E-state index in [1.807, 2.05) is 25.1 Å². The molecule has 0 bridgehead atoms. The van der Waals surface area contributed by atoms with Gasteiger partial charge in [0.05, 0.1) is 11.6 Å². The van der Waals surface area contributed by atoms with Crippen LogP contribution in [0.5, 0.6) is 0 Å². The molecule has 9 nitrogen and oxygen atoms in total. The fourth-order valence-corrected chi connectivity index (χ4v) is 4.67. The Labute approximate surface area is 222 Å². The van der Waals surface area contributed by atoms with Crippen LogP contribution in [0.15, 0.2) is 95.7 Å². The molecule has 0 aliphatic carbocycles. The van der Waals surface area contributed by atoms with Crippen LogP contribution in [-0.4, -0.2) is 36.7 Å². The van der Waals surface area contributed by atoms with Gasteiger partial charge in [0.15, 0.2) is 5.65 Å². The number of aromatic carboxylic acids is 1. The lowest BCUT2D eigenvalue weighted by Crippen LogP contribution is -2.28. The monoisotopic (exact) mass is 517 g/mol. The summed E-state index contributed by atoms with van der Waals surface area (Å²) in [5.41, 5.74) is 4.10. The van der Waals surface area contributed by atoms with Crippen molar-refractivity contribution in [2.75, 3.05) is 0 Å². The van der Waals surface area contributed by atoms with Gasteiger partial charge in [-0.1, -0.05) is 59.8 Å². The van der Waals surface area contributed by atoms with Crippen LogP contribution in [0, 0.1) is 0 Å². The molecule has 6 aromatic rings. The van der Waals surface area contributed by atoms with E-state index < -0.39 is 5.97 Å². The number of benzene rings is 3. The van der Waals surface area contributed by atoms with E-state index in [1.54, 1.807) is 28.7 Å². The molecule has 0 fully saturated rings. The number of hydrogen-bond acceptors (Lipinski definition) is 6. The normalized spacial score (nSPS) is 12.0. The number of rotatable bonds is 7. The van der Waals surface area contributed by atoms with Gasteiger partial charge in [-0.2, -0.15) is 0 Å². The molecular formula is C30H23N5O4. The molecule has 6 rings (SSSR count). The summed E-state index contributed by atoms with van der Waals surface area (Å²) in [6.07, 6.45) is 1.94. The third-order valence-electron chi connectivity index (χ3n) is 6.72. The Morgan fingerprint density at radius 2 is 1.74 bits per heavy atom. The Morgan fingerprint density at radius 1 is 0.949 bits per heavy atom. The fourth-order valence-electron chi connectivity index (χ4n) is 4.67. The molecule has 1 atom stereocenters. The summed E-state index contributed by atoms with van der Waals surface area (Å²) in [4.78, 5) is 24.9. The van der Waals surface area contributed by atoms with E-state index in [0.29, 0.717) is 34.8 Å². The highest BCUT2D eigenvalue weighted by Crippen LogP contribution is 2.24. The number of carboxylic acids is 1. The quantitative estimate of drug-likeness (QED) is 0.294. The largest absolute Gasteiger partial charge is 0.478 e. The second-order valence-corrected chi connectivity index (χ2v) is 9.30. The van der Waals surface area contributed by atoms with Gasteiger partial charge in [0.2, 0.25) is 0 Å². The molecule has 3 aromatic heterocycles. The van der Waals surface area contributed by atoms with Gasteiger partial charge in [-0.05, 0) is 53.1 Å². The molecule has 0 radical (unpaired) electrons. The van der Waals surface area contributed by atoms with E-state index in [2.05, 4.69) is 51.0 Å². The lowest BCUT2D eigenvalue weighted by molar-refractivity contribution is 0.0696. The minimum atomic E-state index is -1.00. The minimum Gasteiger partial charge on any atom is -0.478 e. The molecule has 3 aromatic carbocycles. The van der Waals surface area contributed by atoms with Crippen molar-refractivity contribution >= 4 is 28.3 Å². The summed E-state index contributed by atoms with van der Waals surface area (Å²) in [5.74, 6) is -0.716. The topological polar surface area (TPSA) is 123 Å². The third kappa shape index (κ3) is 4.73. The predicted octanol–water partition coefficient (Wildman–Crippen LogP) is 5.32. The fraction of sp³-hybridized carbons (Fsp3) is 0.100. The van der Waals surface area contributed by atoms with Crippen molar-refractivity contribution in [1.29, 1.82) is 0 Å². The van der Waals surface area contributed by atoms with Crippen molar-refractivity contribution in [3.05, 3.63) is 119 Å². The molecule has 0 saturated carbocycles. The Morgan fingerprint density at radius 3 is 2.49 bits per heavy atom. The number of carbonyl (C=O) groups is 2. The number of carboxylic acid groups (broad SMARTS) is 1. The van der Waals surface area contributed by atoms with Crippen LogP contribution in [0.2, 0.25) is 0 Å².